The number of hydrogen-bond donors (Lipinski definition) is 2. The van der Waals surface area contributed by atoms with Crippen LogP contribution in [0.2, 0.25) is 0 Å². The number of aromatic hydroxyl groups is 1. The maximum absolute atomic E-state index is 9.11. The van der Waals surface area contributed by atoms with Crippen LogP contribution in [0.15, 0.2) is 36.8 Å². The normalized spacial score (nSPS) is 12.5. The number of aromatic nitrogens is 3. The number of pyridine rings is 1. The van der Waals surface area contributed by atoms with Crippen molar-refractivity contribution in [1.29, 1.82) is 0 Å². The largest absolute Gasteiger partial charge is 0.506 e. The van der Waals surface area contributed by atoms with Crippen molar-refractivity contribution >= 4 is 0 Å². The molecule has 2 aromatic heterocycles. The molecule has 0 fully saturated rings. The Bertz CT molecular complexity index is 438. The van der Waals surface area contributed by atoms with Crippen molar-refractivity contribution < 1.29 is 5.11 Å². The Morgan fingerprint density at radius 2 is 2.35 bits per heavy atom. The van der Waals surface area contributed by atoms with Crippen molar-refractivity contribution in [2.75, 3.05) is 0 Å². The summed E-state index contributed by atoms with van der Waals surface area (Å²) < 4.78 is 1.89. The number of hydrogen-bond acceptors (Lipinski definition) is 4. The third kappa shape index (κ3) is 3.57. The molecule has 1 atom stereocenters. The minimum atomic E-state index is 0.193. The van der Waals surface area contributed by atoms with E-state index in [2.05, 4.69) is 22.3 Å². The van der Waals surface area contributed by atoms with E-state index >= 15 is 0 Å². The molecule has 2 heterocycles. The molecule has 2 rings (SSSR count). The summed E-state index contributed by atoms with van der Waals surface area (Å²) in [6, 6.07) is 5.67. The van der Waals surface area contributed by atoms with Gasteiger partial charge in [0.25, 0.3) is 0 Å². The molecule has 0 aliphatic heterocycles. The second kappa shape index (κ2) is 5.45. The van der Waals surface area contributed by atoms with Gasteiger partial charge in [-0.15, -0.1) is 0 Å². The minimum absolute atomic E-state index is 0.193. The molecule has 0 amide bonds. The molecule has 0 saturated heterocycles. The summed E-state index contributed by atoms with van der Waals surface area (Å²) in [6.07, 6.45) is 5.17. The van der Waals surface area contributed by atoms with Crippen LogP contribution in [0, 0.1) is 0 Å². The van der Waals surface area contributed by atoms with Crippen LogP contribution in [0.3, 0.4) is 0 Å². The highest BCUT2D eigenvalue weighted by molar-refractivity contribution is 5.17. The van der Waals surface area contributed by atoms with E-state index in [-0.39, 0.29) is 5.75 Å². The van der Waals surface area contributed by atoms with Crippen molar-refractivity contribution in [1.82, 2.24) is 20.1 Å². The van der Waals surface area contributed by atoms with E-state index in [1.165, 1.54) is 6.20 Å². The molecule has 0 aromatic carbocycles. The van der Waals surface area contributed by atoms with Gasteiger partial charge in [-0.25, -0.2) is 0 Å². The highest BCUT2D eigenvalue weighted by Gasteiger charge is 2.03. The fourth-order valence-corrected chi connectivity index (χ4v) is 1.55. The number of nitrogens with one attached hydrogen (secondary N) is 1. The first-order valence-electron chi connectivity index (χ1n) is 5.59. The Kier molecular flexibility index (Phi) is 3.72. The maximum atomic E-state index is 9.11. The Balaban J connectivity index is 1.79. The molecule has 0 spiro atoms. The Labute approximate surface area is 100 Å². The lowest BCUT2D eigenvalue weighted by molar-refractivity contribution is 0.446. The fraction of sp³-hybridized carbons (Fsp3) is 0.333. The van der Waals surface area contributed by atoms with Crippen LogP contribution < -0.4 is 5.32 Å². The molecule has 17 heavy (non-hydrogen) atoms. The number of nitrogens with zero attached hydrogens (tertiary/aromatic N) is 3. The van der Waals surface area contributed by atoms with Crippen LogP contribution in [0.5, 0.6) is 5.75 Å². The van der Waals surface area contributed by atoms with Crippen molar-refractivity contribution in [2.24, 2.45) is 0 Å². The average molecular weight is 232 g/mol. The lowest BCUT2D eigenvalue weighted by Crippen LogP contribution is -2.30. The first-order valence-corrected chi connectivity index (χ1v) is 5.59. The van der Waals surface area contributed by atoms with E-state index in [9.17, 15) is 0 Å². The average Bonchev–Trinajstić information content (AvgIpc) is 2.81. The van der Waals surface area contributed by atoms with Crippen LogP contribution in [0.1, 0.15) is 12.6 Å². The first-order chi connectivity index (χ1) is 8.24. The summed E-state index contributed by atoms with van der Waals surface area (Å²) in [5.41, 5.74) is 0.912. The number of rotatable bonds is 5. The van der Waals surface area contributed by atoms with E-state index in [1.807, 2.05) is 23.0 Å². The maximum Gasteiger partial charge on any atom is 0.133 e. The van der Waals surface area contributed by atoms with Crippen LogP contribution in [-0.4, -0.2) is 25.9 Å². The molecular formula is C12H16N4O. The Morgan fingerprint density at radius 3 is 3.00 bits per heavy atom. The van der Waals surface area contributed by atoms with E-state index < -0.39 is 0 Å². The molecule has 0 aliphatic carbocycles. The second-order valence-corrected chi connectivity index (χ2v) is 4.02. The molecule has 0 saturated carbocycles. The van der Waals surface area contributed by atoms with E-state index in [0.717, 1.165) is 12.2 Å². The molecule has 2 N–H and O–H groups in total. The summed E-state index contributed by atoms with van der Waals surface area (Å²) in [4.78, 5) is 4.11. The van der Waals surface area contributed by atoms with Gasteiger partial charge in [0, 0.05) is 25.0 Å². The molecule has 0 bridgehead atoms. The van der Waals surface area contributed by atoms with Gasteiger partial charge in [-0.2, -0.15) is 5.10 Å². The first kappa shape index (κ1) is 11.6. The van der Waals surface area contributed by atoms with Crippen molar-refractivity contribution in [3.63, 3.8) is 0 Å². The highest BCUT2D eigenvalue weighted by Crippen LogP contribution is 2.05. The van der Waals surface area contributed by atoms with Crippen molar-refractivity contribution in [3.05, 3.63) is 42.5 Å². The van der Waals surface area contributed by atoms with Gasteiger partial charge in [0.15, 0.2) is 0 Å². The molecule has 90 valence electrons. The zero-order valence-corrected chi connectivity index (χ0v) is 9.74. The van der Waals surface area contributed by atoms with Gasteiger partial charge >= 0.3 is 0 Å². The van der Waals surface area contributed by atoms with Gasteiger partial charge in [0.05, 0.1) is 18.4 Å². The summed E-state index contributed by atoms with van der Waals surface area (Å²) in [5.74, 6) is 0.193. The highest BCUT2D eigenvalue weighted by atomic mass is 16.3. The summed E-state index contributed by atoms with van der Waals surface area (Å²) in [7, 11) is 0. The van der Waals surface area contributed by atoms with Gasteiger partial charge in [0.1, 0.15) is 5.75 Å². The molecule has 0 aliphatic rings. The molecule has 0 radical (unpaired) electrons. The molecule has 2 aromatic rings. The van der Waals surface area contributed by atoms with Gasteiger partial charge in [-0.05, 0) is 25.1 Å². The molecule has 5 nitrogen and oxygen atoms in total. The topological polar surface area (TPSA) is 63.0 Å². The van der Waals surface area contributed by atoms with Gasteiger partial charge in [-0.1, -0.05) is 0 Å². The lowest BCUT2D eigenvalue weighted by Gasteiger charge is -2.13. The van der Waals surface area contributed by atoms with E-state index in [0.29, 0.717) is 12.6 Å². The van der Waals surface area contributed by atoms with Crippen LogP contribution in [-0.2, 0) is 13.1 Å². The van der Waals surface area contributed by atoms with Crippen LogP contribution >= 0.6 is 0 Å². The van der Waals surface area contributed by atoms with Crippen LogP contribution in [0.4, 0.5) is 0 Å². The smallest absolute Gasteiger partial charge is 0.133 e. The van der Waals surface area contributed by atoms with Crippen molar-refractivity contribution in [2.45, 2.75) is 26.1 Å². The Hall–Kier alpha value is -1.88. The molecule has 5 heteroatoms. The summed E-state index contributed by atoms with van der Waals surface area (Å²) in [5, 5.41) is 16.6. The Morgan fingerprint density at radius 1 is 1.47 bits per heavy atom. The summed E-state index contributed by atoms with van der Waals surface area (Å²) in [6.45, 7) is 3.61. The zero-order chi connectivity index (χ0) is 12.1. The summed E-state index contributed by atoms with van der Waals surface area (Å²) >= 11 is 0. The molecule has 1 unspecified atom stereocenters. The fourth-order valence-electron chi connectivity index (χ4n) is 1.55. The van der Waals surface area contributed by atoms with E-state index in [1.54, 1.807) is 12.3 Å². The second-order valence-electron chi connectivity index (χ2n) is 4.02. The van der Waals surface area contributed by atoms with Crippen molar-refractivity contribution in [3.8, 4) is 5.75 Å². The van der Waals surface area contributed by atoms with Gasteiger partial charge in [0.2, 0.25) is 0 Å². The van der Waals surface area contributed by atoms with E-state index in [4.69, 9.17) is 5.11 Å². The standard InChI is InChI=1S/C12H16N4O/c1-10(9-16-6-2-5-15-16)13-7-11-3-4-12(17)8-14-11/h2-6,8,10,13,17H,7,9H2,1H3. The molecular weight excluding hydrogens is 216 g/mol. The predicted octanol–water partition coefficient (Wildman–Crippen LogP) is 1.16. The van der Waals surface area contributed by atoms with Gasteiger partial charge in [-0.3, -0.25) is 9.67 Å². The predicted molar refractivity (Wildman–Crippen MR) is 64.4 cm³/mol. The lowest BCUT2D eigenvalue weighted by atomic mass is 10.3. The quantitative estimate of drug-likeness (QED) is 0.812. The third-order valence-electron chi connectivity index (χ3n) is 2.46. The zero-order valence-electron chi connectivity index (χ0n) is 9.74. The third-order valence-corrected chi connectivity index (χ3v) is 2.46. The van der Waals surface area contributed by atoms with Gasteiger partial charge < -0.3 is 10.4 Å². The van der Waals surface area contributed by atoms with Crippen LogP contribution in [0.25, 0.3) is 0 Å². The monoisotopic (exact) mass is 232 g/mol. The SMILES string of the molecule is CC(Cn1cccn1)NCc1ccc(O)cn1. The minimum Gasteiger partial charge on any atom is -0.506 e.